The highest BCUT2D eigenvalue weighted by Gasteiger charge is 2.30. The Bertz CT molecular complexity index is 2560. The van der Waals surface area contributed by atoms with Gasteiger partial charge in [0.25, 0.3) is 15.9 Å². The van der Waals surface area contributed by atoms with Crippen molar-refractivity contribution in [3.05, 3.63) is 106 Å². The van der Waals surface area contributed by atoms with Crippen LogP contribution in [0, 0.1) is 18.3 Å². The largest absolute Gasteiger partial charge is 0.456 e. The van der Waals surface area contributed by atoms with E-state index in [0.29, 0.717) is 28.7 Å². The number of nitrogens with two attached hydrogens (primary N) is 1. The number of aromatic nitrogens is 2. The molecule has 328 valence electrons. The normalized spacial score (nSPS) is 19.7. The van der Waals surface area contributed by atoms with Crippen molar-refractivity contribution in [2.24, 2.45) is 11.3 Å². The van der Waals surface area contributed by atoms with Gasteiger partial charge in [0.1, 0.15) is 11.5 Å². The zero-order valence-corrected chi connectivity index (χ0v) is 37.7. The van der Waals surface area contributed by atoms with Crippen molar-refractivity contribution >= 4 is 61.2 Å². The van der Waals surface area contributed by atoms with Crippen LogP contribution < -0.4 is 25.4 Å². The molecular formula is C48H58ClN7O5S. The molecule has 1 amide bonds. The van der Waals surface area contributed by atoms with E-state index in [0.717, 1.165) is 106 Å². The van der Waals surface area contributed by atoms with Gasteiger partial charge in [0, 0.05) is 68.8 Å². The second-order valence-corrected chi connectivity index (χ2v) is 20.1. The Morgan fingerprint density at radius 3 is 2.45 bits per heavy atom. The molecule has 0 spiro atoms. The number of sulfonamides is 1. The number of methoxy groups -OCH3 is 1. The topological polar surface area (TPSA) is 155 Å². The number of carbonyl (C=O) groups excluding carboxylic acids is 1. The van der Waals surface area contributed by atoms with Crippen LogP contribution in [0.25, 0.3) is 16.5 Å². The maximum atomic E-state index is 14.0. The van der Waals surface area contributed by atoms with Crippen LogP contribution in [0.2, 0.25) is 5.02 Å². The highest BCUT2D eigenvalue weighted by atomic mass is 35.5. The van der Waals surface area contributed by atoms with Crippen molar-refractivity contribution in [3.8, 4) is 11.5 Å². The Morgan fingerprint density at radius 2 is 1.73 bits per heavy atom. The van der Waals surface area contributed by atoms with Gasteiger partial charge in [-0.3, -0.25) is 14.8 Å². The van der Waals surface area contributed by atoms with Crippen molar-refractivity contribution in [2.75, 3.05) is 62.3 Å². The fourth-order valence-electron chi connectivity index (χ4n) is 9.21. The van der Waals surface area contributed by atoms with Crippen molar-refractivity contribution in [3.63, 3.8) is 0 Å². The molecule has 12 nitrogen and oxygen atoms in total. The number of allylic oxidation sites excluding steroid dienone is 1. The third kappa shape index (κ3) is 9.91. The number of rotatable bonds is 13. The molecule has 5 N–H and O–H groups in total. The quantitative estimate of drug-likeness (QED) is 0.0900. The second kappa shape index (κ2) is 18.3. The molecule has 1 aliphatic heterocycles. The Labute approximate surface area is 370 Å². The van der Waals surface area contributed by atoms with Crippen LogP contribution in [0.4, 0.5) is 17.2 Å². The number of piperazine rings is 1. The summed E-state index contributed by atoms with van der Waals surface area (Å²) < 4.78 is 41.9. The smallest absolute Gasteiger partial charge is 0.268 e. The number of benzene rings is 4. The minimum Gasteiger partial charge on any atom is -0.456 e. The number of hydrogen-bond donors (Lipinski definition) is 4. The molecular weight excluding hydrogens is 822 g/mol. The maximum absolute atomic E-state index is 14.0. The Morgan fingerprint density at radius 1 is 0.968 bits per heavy atom. The summed E-state index contributed by atoms with van der Waals surface area (Å²) in [5, 5.41) is 11.9. The lowest BCUT2D eigenvalue weighted by molar-refractivity contribution is 0.0585. The van der Waals surface area contributed by atoms with Gasteiger partial charge in [-0.05, 0) is 134 Å². The summed E-state index contributed by atoms with van der Waals surface area (Å²) in [6.07, 6.45) is 7.85. The summed E-state index contributed by atoms with van der Waals surface area (Å²) in [5.41, 5.74) is 13.9. The van der Waals surface area contributed by atoms with E-state index in [1.54, 1.807) is 37.4 Å². The molecule has 2 aliphatic carbocycles. The van der Waals surface area contributed by atoms with Gasteiger partial charge in [-0.25, -0.2) is 13.1 Å². The number of aromatic amines is 1. The molecule has 0 bridgehead atoms. The summed E-state index contributed by atoms with van der Waals surface area (Å²) in [6, 6.07) is 23.8. The Kier molecular flexibility index (Phi) is 12.9. The zero-order chi connectivity index (χ0) is 43.6. The number of carbonyl (C=O) groups is 1. The van der Waals surface area contributed by atoms with E-state index in [-0.39, 0.29) is 27.4 Å². The fourth-order valence-corrected chi connectivity index (χ4v) is 10.4. The predicted molar refractivity (Wildman–Crippen MR) is 249 cm³/mol. The van der Waals surface area contributed by atoms with Gasteiger partial charge in [-0.15, -0.1) is 0 Å². The van der Waals surface area contributed by atoms with Crippen LogP contribution in [0.15, 0.2) is 89.3 Å². The molecule has 1 saturated carbocycles. The third-order valence-corrected chi connectivity index (χ3v) is 14.6. The number of fused-ring (bicyclic) bond motifs is 1. The minimum atomic E-state index is -4.25. The molecule has 4 aromatic carbocycles. The molecule has 3 aliphatic rings. The predicted octanol–water partition coefficient (Wildman–Crippen LogP) is 9.42. The first-order valence-electron chi connectivity index (χ1n) is 21.7. The average Bonchev–Trinajstić information content (AvgIpc) is 3.65. The molecule has 62 heavy (non-hydrogen) atoms. The van der Waals surface area contributed by atoms with Gasteiger partial charge >= 0.3 is 0 Å². The average molecular weight is 881 g/mol. The van der Waals surface area contributed by atoms with Crippen molar-refractivity contribution < 1.29 is 22.7 Å². The number of amides is 1. The SMILES string of the molecule is COC1CCC(CNc2ccc(S(=O)(=O)NC(=O)c3ccc(N4CCN(CC5=C(c6ccc(Cl)cc6)CC(C)(C)CC5)CC4)cc3Oc3cccc4[nH]nc(N)c34)cc2C)CC1. The number of ether oxygens (including phenoxy) is 2. The molecule has 14 heteroatoms. The van der Waals surface area contributed by atoms with Crippen LogP contribution in [0.3, 0.4) is 0 Å². The van der Waals surface area contributed by atoms with Crippen LogP contribution in [0.1, 0.15) is 80.3 Å². The van der Waals surface area contributed by atoms with Crippen LogP contribution in [-0.2, 0) is 14.8 Å². The number of nitrogens with one attached hydrogen (secondary N) is 3. The molecule has 1 saturated heterocycles. The summed E-state index contributed by atoms with van der Waals surface area (Å²) in [5.74, 6) is 0.552. The van der Waals surface area contributed by atoms with Gasteiger partial charge < -0.3 is 25.4 Å². The molecule has 0 radical (unpaired) electrons. The summed E-state index contributed by atoms with van der Waals surface area (Å²) >= 11 is 6.26. The number of halogens is 1. The van der Waals surface area contributed by atoms with E-state index in [4.69, 9.17) is 26.8 Å². The number of nitrogens with zero attached hydrogens (tertiary/aromatic N) is 3. The Balaban J connectivity index is 0.991. The summed E-state index contributed by atoms with van der Waals surface area (Å²) in [7, 11) is -2.48. The van der Waals surface area contributed by atoms with E-state index in [9.17, 15) is 13.2 Å². The number of nitrogen functional groups attached to an aromatic ring is 1. The highest BCUT2D eigenvalue weighted by Crippen LogP contribution is 2.44. The van der Waals surface area contributed by atoms with Crippen molar-refractivity contribution in [1.82, 2.24) is 19.8 Å². The standard InChI is InChI=1S/C48H58ClN7O5S/c1-31-26-38(17-19-41(31)51-29-32-8-15-37(60-4)16-9-32)62(58,59)54-47(57)39-18-14-36(27-44(39)61-43-7-5-6-42-45(43)46(50)53-52-42)56-24-22-55(23-25-56)30-34-20-21-48(2,3)28-40(34)33-10-12-35(49)13-11-33/h5-7,10-14,17-19,26-27,32,37,51H,8-9,15-16,20-25,28-30H2,1-4H3,(H,54,57)(H3,50,52,53). The molecule has 1 aromatic heterocycles. The molecule has 0 atom stereocenters. The van der Waals surface area contributed by atoms with E-state index >= 15 is 0 Å². The molecule has 2 fully saturated rings. The first kappa shape index (κ1) is 43.6. The minimum absolute atomic E-state index is 0.00427. The van der Waals surface area contributed by atoms with Gasteiger partial charge in [0.15, 0.2) is 5.82 Å². The van der Waals surface area contributed by atoms with Gasteiger partial charge in [0.05, 0.1) is 27.5 Å². The Hall–Kier alpha value is -5.08. The summed E-state index contributed by atoms with van der Waals surface area (Å²) in [6.45, 7) is 11.5. The van der Waals surface area contributed by atoms with Gasteiger partial charge in [-0.1, -0.05) is 49.2 Å². The monoisotopic (exact) mass is 879 g/mol. The lowest BCUT2D eigenvalue weighted by Gasteiger charge is -2.39. The fraction of sp³-hybridized carbons (Fsp3) is 0.417. The first-order valence-corrected chi connectivity index (χ1v) is 23.5. The van der Waals surface area contributed by atoms with Crippen molar-refractivity contribution in [2.45, 2.75) is 76.7 Å². The molecule has 0 unspecified atom stereocenters. The van der Waals surface area contributed by atoms with E-state index < -0.39 is 15.9 Å². The van der Waals surface area contributed by atoms with Gasteiger partial charge in [0.2, 0.25) is 0 Å². The molecule has 8 rings (SSSR count). The third-order valence-electron chi connectivity index (χ3n) is 13.0. The number of aryl methyl sites for hydroxylation is 1. The lowest BCUT2D eigenvalue weighted by Crippen LogP contribution is -2.47. The number of hydrogen-bond acceptors (Lipinski definition) is 10. The van der Waals surface area contributed by atoms with Crippen LogP contribution in [0.5, 0.6) is 11.5 Å². The molecule has 5 aromatic rings. The lowest BCUT2D eigenvalue weighted by atomic mass is 9.72. The maximum Gasteiger partial charge on any atom is 0.268 e. The second-order valence-electron chi connectivity index (χ2n) is 17.9. The summed E-state index contributed by atoms with van der Waals surface area (Å²) in [4.78, 5) is 18.8. The van der Waals surface area contributed by atoms with Crippen molar-refractivity contribution in [1.29, 1.82) is 0 Å². The number of H-pyrrole nitrogens is 1. The van der Waals surface area contributed by atoms with Gasteiger partial charge in [-0.2, -0.15) is 5.10 Å². The molecule has 2 heterocycles. The first-order chi connectivity index (χ1) is 29.7. The van der Waals surface area contributed by atoms with Crippen LogP contribution in [-0.4, -0.2) is 81.9 Å². The van der Waals surface area contributed by atoms with E-state index in [1.165, 1.54) is 22.8 Å². The van der Waals surface area contributed by atoms with E-state index in [2.05, 4.69) is 56.0 Å². The zero-order valence-electron chi connectivity index (χ0n) is 36.1. The van der Waals surface area contributed by atoms with Crippen LogP contribution >= 0.6 is 11.6 Å². The number of anilines is 3. The van der Waals surface area contributed by atoms with E-state index in [1.807, 2.05) is 37.3 Å². The highest BCUT2D eigenvalue weighted by molar-refractivity contribution is 7.90.